The highest BCUT2D eigenvalue weighted by molar-refractivity contribution is 7.20. The number of carbonyl (C=O) groups is 1. The summed E-state index contributed by atoms with van der Waals surface area (Å²) in [6, 6.07) is 4.56. The van der Waals surface area contributed by atoms with Gasteiger partial charge in [-0.3, -0.25) is 4.79 Å². The molecular weight excluding hydrogens is 265 g/mol. The Balaban J connectivity index is 1.85. The van der Waals surface area contributed by atoms with Gasteiger partial charge in [-0.2, -0.15) is 0 Å². The number of hydrogen-bond donors (Lipinski definition) is 1. The van der Waals surface area contributed by atoms with Gasteiger partial charge in [-0.25, -0.2) is 9.37 Å². The van der Waals surface area contributed by atoms with Crippen LogP contribution in [0.1, 0.15) is 22.6 Å². The Morgan fingerprint density at radius 3 is 2.89 bits per heavy atom. The van der Waals surface area contributed by atoms with Gasteiger partial charge >= 0.3 is 0 Å². The molecule has 1 saturated heterocycles. The normalized spacial score (nSPS) is 17.1. The van der Waals surface area contributed by atoms with E-state index in [9.17, 15) is 9.18 Å². The molecule has 6 heteroatoms. The number of hydrogen-bond acceptors (Lipinski definition) is 4. The van der Waals surface area contributed by atoms with Gasteiger partial charge in [0.25, 0.3) is 5.91 Å². The first-order valence-corrected chi connectivity index (χ1v) is 7.06. The molecule has 1 aliphatic rings. The summed E-state index contributed by atoms with van der Waals surface area (Å²) >= 11 is 1.24. The van der Waals surface area contributed by atoms with Gasteiger partial charge in [-0.1, -0.05) is 0 Å². The lowest BCUT2D eigenvalue weighted by atomic mass is 10.1. The van der Waals surface area contributed by atoms with Crippen LogP contribution in [0, 0.1) is 5.82 Å². The Labute approximate surface area is 114 Å². The Morgan fingerprint density at radius 2 is 2.16 bits per heavy atom. The number of carbonyl (C=O) groups excluding carboxylic acids is 1. The molecule has 4 nitrogen and oxygen atoms in total. The van der Waals surface area contributed by atoms with Crippen molar-refractivity contribution in [3.63, 3.8) is 0 Å². The summed E-state index contributed by atoms with van der Waals surface area (Å²) in [6.07, 6.45) is 1.65. The first kappa shape index (κ1) is 12.5. The maximum Gasteiger partial charge on any atom is 0.282 e. The van der Waals surface area contributed by atoms with Crippen LogP contribution in [0.2, 0.25) is 0 Å². The number of benzene rings is 1. The van der Waals surface area contributed by atoms with E-state index in [0.717, 1.165) is 12.8 Å². The average molecular weight is 279 g/mol. The minimum absolute atomic E-state index is 0.0755. The molecule has 0 bridgehead atoms. The van der Waals surface area contributed by atoms with Gasteiger partial charge in [-0.15, -0.1) is 11.3 Å². The summed E-state index contributed by atoms with van der Waals surface area (Å²) in [5, 5.41) is 0.427. The Morgan fingerprint density at radius 1 is 1.42 bits per heavy atom. The highest BCUT2D eigenvalue weighted by Crippen LogP contribution is 2.24. The molecule has 100 valence electrons. The third-order valence-corrected chi connectivity index (χ3v) is 4.37. The van der Waals surface area contributed by atoms with Gasteiger partial charge in [0.15, 0.2) is 5.01 Å². The fraction of sp³-hybridized carbons (Fsp3) is 0.385. The summed E-state index contributed by atoms with van der Waals surface area (Å²) in [5.74, 6) is -0.382. The Hall–Kier alpha value is -1.53. The predicted molar refractivity (Wildman–Crippen MR) is 72.7 cm³/mol. The molecule has 1 aromatic heterocycles. The monoisotopic (exact) mass is 279 g/mol. The van der Waals surface area contributed by atoms with E-state index >= 15 is 0 Å². The van der Waals surface area contributed by atoms with Crippen molar-refractivity contribution in [2.45, 2.75) is 18.9 Å². The third kappa shape index (κ3) is 2.46. The second-order valence-corrected chi connectivity index (χ2v) is 5.79. The minimum Gasteiger partial charge on any atom is -0.336 e. The van der Waals surface area contributed by atoms with E-state index in [2.05, 4.69) is 4.98 Å². The van der Waals surface area contributed by atoms with E-state index in [0.29, 0.717) is 28.3 Å². The molecule has 1 fully saturated rings. The maximum atomic E-state index is 13.1. The molecule has 2 aromatic rings. The summed E-state index contributed by atoms with van der Waals surface area (Å²) in [7, 11) is 0. The first-order valence-electron chi connectivity index (χ1n) is 6.24. The first-order chi connectivity index (χ1) is 9.13. The molecule has 0 aliphatic carbocycles. The molecule has 1 amide bonds. The number of piperidine rings is 1. The fourth-order valence-corrected chi connectivity index (χ4v) is 3.19. The number of halogens is 1. The molecule has 1 aliphatic heterocycles. The number of nitrogens with two attached hydrogens (primary N) is 1. The smallest absolute Gasteiger partial charge is 0.282 e. The van der Waals surface area contributed by atoms with Crippen LogP contribution in [0.3, 0.4) is 0 Å². The molecule has 1 aromatic carbocycles. The van der Waals surface area contributed by atoms with Crippen LogP contribution in [-0.2, 0) is 0 Å². The third-order valence-electron chi connectivity index (χ3n) is 3.36. The van der Waals surface area contributed by atoms with E-state index in [1.54, 1.807) is 11.0 Å². The zero-order valence-corrected chi connectivity index (χ0v) is 11.1. The zero-order valence-electron chi connectivity index (χ0n) is 10.3. The quantitative estimate of drug-likeness (QED) is 0.868. The van der Waals surface area contributed by atoms with Crippen molar-refractivity contribution in [2.24, 2.45) is 5.73 Å². The second-order valence-electron chi connectivity index (χ2n) is 4.76. The van der Waals surface area contributed by atoms with Crippen LogP contribution >= 0.6 is 11.3 Å². The molecule has 0 atom stereocenters. The van der Waals surface area contributed by atoms with Crippen molar-refractivity contribution < 1.29 is 9.18 Å². The van der Waals surface area contributed by atoms with E-state index in [1.165, 1.54) is 23.5 Å². The number of nitrogens with zero attached hydrogens (tertiary/aromatic N) is 2. The molecule has 0 spiro atoms. The highest BCUT2D eigenvalue weighted by Gasteiger charge is 2.24. The van der Waals surface area contributed by atoms with Gasteiger partial charge < -0.3 is 10.6 Å². The maximum absolute atomic E-state index is 13.1. The molecule has 2 heterocycles. The van der Waals surface area contributed by atoms with Gasteiger partial charge in [-0.05, 0) is 31.0 Å². The summed E-state index contributed by atoms with van der Waals surface area (Å²) in [6.45, 7) is 1.34. The molecule has 19 heavy (non-hydrogen) atoms. The van der Waals surface area contributed by atoms with Gasteiger partial charge in [0.05, 0.1) is 10.2 Å². The van der Waals surface area contributed by atoms with E-state index in [4.69, 9.17) is 5.73 Å². The van der Waals surface area contributed by atoms with Crippen molar-refractivity contribution in [1.82, 2.24) is 9.88 Å². The SMILES string of the molecule is NC1CCN(C(=O)c2nc3ccc(F)cc3s2)CC1. The number of likely N-dealkylation sites (tertiary alicyclic amines) is 1. The lowest BCUT2D eigenvalue weighted by molar-refractivity contribution is 0.0714. The number of amides is 1. The topological polar surface area (TPSA) is 59.2 Å². The highest BCUT2D eigenvalue weighted by atomic mass is 32.1. The molecule has 0 unspecified atom stereocenters. The molecular formula is C13H14FN3OS. The van der Waals surface area contributed by atoms with Crippen LogP contribution in [0.25, 0.3) is 10.2 Å². The van der Waals surface area contributed by atoms with Crippen molar-refractivity contribution >= 4 is 27.5 Å². The van der Waals surface area contributed by atoms with Crippen molar-refractivity contribution in [1.29, 1.82) is 0 Å². The van der Waals surface area contributed by atoms with Crippen molar-refractivity contribution in [2.75, 3.05) is 13.1 Å². The average Bonchev–Trinajstić information content (AvgIpc) is 2.81. The fourth-order valence-electron chi connectivity index (χ4n) is 2.23. The van der Waals surface area contributed by atoms with Crippen molar-refractivity contribution in [3.05, 3.63) is 29.0 Å². The Bertz CT molecular complexity index is 619. The number of thiazole rings is 1. The van der Waals surface area contributed by atoms with Crippen LogP contribution in [0.15, 0.2) is 18.2 Å². The summed E-state index contributed by atoms with van der Waals surface area (Å²) in [5.41, 5.74) is 6.49. The van der Waals surface area contributed by atoms with E-state index in [1.807, 2.05) is 0 Å². The predicted octanol–water partition coefficient (Wildman–Crippen LogP) is 2.00. The number of rotatable bonds is 1. The van der Waals surface area contributed by atoms with Crippen LogP contribution in [0.5, 0.6) is 0 Å². The van der Waals surface area contributed by atoms with Crippen LogP contribution < -0.4 is 5.73 Å². The van der Waals surface area contributed by atoms with Gasteiger partial charge in [0.2, 0.25) is 0 Å². The molecule has 0 saturated carbocycles. The lowest BCUT2D eigenvalue weighted by Gasteiger charge is -2.29. The summed E-state index contributed by atoms with van der Waals surface area (Å²) < 4.78 is 13.8. The van der Waals surface area contributed by atoms with E-state index in [-0.39, 0.29) is 17.8 Å². The number of fused-ring (bicyclic) bond motifs is 1. The van der Waals surface area contributed by atoms with Crippen LogP contribution in [0.4, 0.5) is 4.39 Å². The van der Waals surface area contributed by atoms with Crippen LogP contribution in [-0.4, -0.2) is 34.9 Å². The standard InChI is InChI=1S/C13H14FN3OS/c14-8-1-2-10-11(7-8)19-12(16-10)13(18)17-5-3-9(15)4-6-17/h1-2,7,9H,3-6,15H2. The molecule has 3 rings (SSSR count). The second kappa shape index (κ2) is 4.86. The summed E-state index contributed by atoms with van der Waals surface area (Å²) in [4.78, 5) is 18.4. The van der Waals surface area contributed by atoms with E-state index < -0.39 is 0 Å². The van der Waals surface area contributed by atoms with Crippen molar-refractivity contribution in [3.8, 4) is 0 Å². The Kier molecular flexibility index (Phi) is 3.20. The number of aromatic nitrogens is 1. The molecule has 2 N–H and O–H groups in total. The molecule has 0 radical (unpaired) electrons. The van der Waals surface area contributed by atoms with Gasteiger partial charge in [0.1, 0.15) is 5.82 Å². The lowest BCUT2D eigenvalue weighted by Crippen LogP contribution is -2.42. The largest absolute Gasteiger partial charge is 0.336 e. The van der Waals surface area contributed by atoms with Gasteiger partial charge in [0, 0.05) is 19.1 Å². The zero-order chi connectivity index (χ0) is 13.4. The minimum atomic E-state index is -0.306.